The molecule has 0 aliphatic carbocycles. The number of ether oxygens (including phenoxy) is 2. The molecule has 4 aromatic rings. The quantitative estimate of drug-likeness (QED) is 0.223. The first-order valence-corrected chi connectivity index (χ1v) is 11.3. The van der Waals surface area contributed by atoms with E-state index < -0.39 is 11.0 Å². The Hall–Kier alpha value is -4.05. The van der Waals surface area contributed by atoms with Gasteiger partial charge in [-0.25, -0.2) is 4.98 Å². The summed E-state index contributed by atoms with van der Waals surface area (Å²) in [5, 5.41) is 10.2. The standard InChI is InChI=1S/C24H21FN4O4S/c1-3-5-12-31-17-10-11-18(22(30)27-24-26-14-20(25)34-24)19(13-17)32-16-8-6-15(7-9-16)23-29-28-21(4-2)33-23/h3,6-11,13-14H,1,4-5,12H2,2H3,(H,26,27,30). The summed E-state index contributed by atoms with van der Waals surface area (Å²) in [7, 11) is 0. The van der Waals surface area contributed by atoms with Crippen molar-refractivity contribution in [2.24, 2.45) is 0 Å². The van der Waals surface area contributed by atoms with Crippen molar-refractivity contribution in [3.05, 3.63) is 77.9 Å². The number of halogens is 1. The van der Waals surface area contributed by atoms with E-state index in [1.165, 1.54) is 0 Å². The lowest BCUT2D eigenvalue weighted by Crippen LogP contribution is -2.13. The van der Waals surface area contributed by atoms with E-state index in [4.69, 9.17) is 13.9 Å². The van der Waals surface area contributed by atoms with Crippen molar-refractivity contribution in [1.29, 1.82) is 0 Å². The zero-order chi connectivity index (χ0) is 23.9. The van der Waals surface area contributed by atoms with Crippen LogP contribution in [0.5, 0.6) is 17.2 Å². The van der Waals surface area contributed by atoms with Gasteiger partial charge in [-0.15, -0.1) is 16.8 Å². The number of hydrogen-bond acceptors (Lipinski definition) is 8. The van der Waals surface area contributed by atoms with Crippen LogP contribution in [0.25, 0.3) is 11.5 Å². The van der Waals surface area contributed by atoms with Gasteiger partial charge < -0.3 is 13.9 Å². The van der Waals surface area contributed by atoms with E-state index in [1.807, 2.05) is 6.92 Å². The average Bonchev–Trinajstić information content (AvgIpc) is 3.49. The number of carbonyl (C=O) groups is 1. The molecule has 2 aromatic carbocycles. The number of nitrogens with one attached hydrogen (secondary N) is 1. The first-order chi connectivity index (χ1) is 16.6. The Balaban J connectivity index is 1.57. The number of benzene rings is 2. The molecule has 0 bridgehead atoms. The number of hydrogen-bond donors (Lipinski definition) is 1. The first-order valence-electron chi connectivity index (χ1n) is 10.5. The third kappa shape index (κ3) is 5.65. The largest absolute Gasteiger partial charge is 0.493 e. The highest BCUT2D eigenvalue weighted by Crippen LogP contribution is 2.32. The van der Waals surface area contributed by atoms with Crippen LogP contribution in [0.2, 0.25) is 0 Å². The predicted molar refractivity (Wildman–Crippen MR) is 126 cm³/mol. The number of anilines is 1. The molecule has 2 aromatic heterocycles. The lowest BCUT2D eigenvalue weighted by molar-refractivity contribution is 0.102. The summed E-state index contributed by atoms with van der Waals surface area (Å²) < 4.78 is 30.6. The highest BCUT2D eigenvalue weighted by Gasteiger charge is 2.17. The van der Waals surface area contributed by atoms with Gasteiger partial charge in [-0.1, -0.05) is 24.3 Å². The molecule has 4 rings (SSSR count). The van der Waals surface area contributed by atoms with Crippen molar-refractivity contribution >= 4 is 22.4 Å². The molecule has 2 heterocycles. The molecule has 0 aliphatic rings. The van der Waals surface area contributed by atoms with Crippen molar-refractivity contribution in [3.8, 4) is 28.7 Å². The van der Waals surface area contributed by atoms with Gasteiger partial charge in [-0.2, -0.15) is 4.39 Å². The highest BCUT2D eigenvalue weighted by atomic mass is 32.1. The third-order valence-corrected chi connectivity index (χ3v) is 5.29. The molecule has 1 N–H and O–H groups in total. The van der Waals surface area contributed by atoms with Gasteiger partial charge in [0.2, 0.25) is 11.8 Å². The van der Waals surface area contributed by atoms with Crippen LogP contribution < -0.4 is 14.8 Å². The van der Waals surface area contributed by atoms with Crippen LogP contribution >= 0.6 is 11.3 Å². The summed E-state index contributed by atoms with van der Waals surface area (Å²) in [4.78, 5) is 16.7. The Morgan fingerprint density at radius 1 is 1.21 bits per heavy atom. The minimum Gasteiger partial charge on any atom is -0.493 e. The van der Waals surface area contributed by atoms with Crippen LogP contribution in [0.4, 0.5) is 9.52 Å². The van der Waals surface area contributed by atoms with Crippen molar-refractivity contribution in [1.82, 2.24) is 15.2 Å². The molecule has 34 heavy (non-hydrogen) atoms. The molecule has 0 saturated carbocycles. The second-order valence-electron chi connectivity index (χ2n) is 6.99. The number of rotatable bonds is 10. The molecular weight excluding hydrogens is 459 g/mol. The summed E-state index contributed by atoms with van der Waals surface area (Å²) in [6.07, 6.45) is 4.12. The molecule has 8 nitrogen and oxygen atoms in total. The fraction of sp³-hybridized carbons (Fsp3) is 0.167. The Bertz CT molecular complexity index is 1290. The van der Waals surface area contributed by atoms with Crippen LogP contribution in [0.1, 0.15) is 29.6 Å². The number of aromatic nitrogens is 3. The molecular formula is C24H21FN4O4S. The SMILES string of the molecule is C=CCCOc1ccc(C(=O)Nc2ncc(F)s2)c(Oc2ccc(-c3nnc(CC)o3)cc2)c1. The molecule has 10 heteroatoms. The molecule has 0 radical (unpaired) electrons. The Labute approximate surface area is 199 Å². The molecule has 0 saturated heterocycles. The maximum Gasteiger partial charge on any atom is 0.261 e. The topological polar surface area (TPSA) is 99.4 Å². The minimum absolute atomic E-state index is 0.148. The maximum atomic E-state index is 13.3. The average molecular weight is 481 g/mol. The van der Waals surface area contributed by atoms with Gasteiger partial charge in [0.25, 0.3) is 5.91 Å². The Morgan fingerprint density at radius 3 is 2.68 bits per heavy atom. The maximum absolute atomic E-state index is 13.3. The summed E-state index contributed by atoms with van der Waals surface area (Å²) in [6, 6.07) is 11.9. The van der Waals surface area contributed by atoms with Crippen LogP contribution in [0, 0.1) is 5.13 Å². The second kappa shape index (κ2) is 10.7. The van der Waals surface area contributed by atoms with E-state index in [1.54, 1.807) is 48.5 Å². The number of nitrogens with zero attached hydrogens (tertiary/aromatic N) is 3. The van der Waals surface area contributed by atoms with Gasteiger partial charge in [-0.3, -0.25) is 10.1 Å². The summed E-state index contributed by atoms with van der Waals surface area (Å²) in [5.41, 5.74) is 0.977. The van der Waals surface area contributed by atoms with E-state index in [2.05, 4.69) is 27.1 Å². The van der Waals surface area contributed by atoms with E-state index >= 15 is 0 Å². The van der Waals surface area contributed by atoms with Crippen LogP contribution in [0.3, 0.4) is 0 Å². The lowest BCUT2D eigenvalue weighted by Gasteiger charge is -2.13. The zero-order valence-corrected chi connectivity index (χ0v) is 19.1. The Morgan fingerprint density at radius 2 is 2.00 bits per heavy atom. The van der Waals surface area contributed by atoms with Crippen molar-refractivity contribution in [2.75, 3.05) is 11.9 Å². The summed E-state index contributed by atoms with van der Waals surface area (Å²) in [6.45, 7) is 6.04. The van der Waals surface area contributed by atoms with Gasteiger partial charge in [0.05, 0.1) is 18.4 Å². The van der Waals surface area contributed by atoms with Gasteiger partial charge in [0.1, 0.15) is 17.2 Å². The van der Waals surface area contributed by atoms with E-state index in [0.717, 1.165) is 23.1 Å². The number of carbonyl (C=O) groups excluding carboxylic acids is 1. The molecule has 0 aliphatic heterocycles. The molecule has 0 spiro atoms. The van der Waals surface area contributed by atoms with E-state index in [-0.39, 0.29) is 16.4 Å². The number of thiazole rings is 1. The van der Waals surface area contributed by atoms with Crippen molar-refractivity contribution in [2.45, 2.75) is 19.8 Å². The number of amides is 1. The van der Waals surface area contributed by atoms with Crippen molar-refractivity contribution in [3.63, 3.8) is 0 Å². The molecule has 174 valence electrons. The van der Waals surface area contributed by atoms with Gasteiger partial charge in [0.15, 0.2) is 10.3 Å². The molecule has 0 atom stereocenters. The fourth-order valence-electron chi connectivity index (χ4n) is 2.91. The Kier molecular flexibility index (Phi) is 7.28. The smallest absolute Gasteiger partial charge is 0.261 e. The van der Waals surface area contributed by atoms with Gasteiger partial charge >= 0.3 is 0 Å². The third-order valence-electron chi connectivity index (χ3n) is 4.58. The second-order valence-corrected chi connectivity index (χ2v) is 7.97. The fourth-order valence-corrected chi connectivity index (χ4v) is 3.45. The van der Waals surface area contributed by atoms with Crippen molar-refractivity contribution < 1.29 is 23.1 Å². The van der Waals surface area contributed by atoms with Gasteiger partial charge in [-0.05, 0) is 42.8 Å². The first kappa shape index (κ1) is 23.1. The normalized spacial score (nSPS) is 10.6. The van der Waals surface area contributed by atoms with Crippen LogP contribution in [0.15, 0.2) is 65.7 Å². The zero-order valence-electron chi connectivity index (χ0n) is 18.3. The van der Waals surface area contributed by atoms with E-state index in [0.29, 0.717) is 42.7 Å². The molecule has 0 unspecified atom stereocenters. The minimum atomic E-state index is -0.495. The monoisotopic (exact) mass is 480 g/mol. The lowest BCUT2D eigenvalue weighted by atomic mass is 10.1. The van der Waals surface area contributed by atoms with Crippen LogP contribution in [-0.2, 0) is 6.42 Å². The molecule has 1 amide bonds. The van der Waals surface area contributed by atoms with E-state index in [9.17, 15) is 9.18 Å². The predicted octanol–water partition coefficient (Wildman–Crippen LogP) is 5.89. The summed E-state index contributed by atoms with van der Waals surface area (Å²) in [5.74, 6) is 1.76. The van der Waals surface area contributed by atoms with Gasteiger partial charge in [0, 0.05) is 18.1 Å². The number of aryl methyl sites for hydroxylation is 1. The van der Waals surface area contributed by atoms with Crippen LogP contribution in [-0.4, -0.2) is 27.7 Å². The highest BCUT2D eigenvalue weighted by molar-refractivity contribution is 7.14. The molecule has 0 fully saturated rings. The summed E-state index contributed by atoms with van der Waals surface area (Å²) >= 11 is 0.736.